The fourth-order valence-electron chi connectivity index (χ4n) is 2.28. The number of thioether (sulfide) groups is 1. The molecule has 1 saturated heterocycles. The van der Waals surface area contributed by atoms with E-state index in [1.165, 1.54) is 0 Å². The Labute approximate surface area is 153 Å². The molecule has 5 nitrogen and oxygen atoms in total. The summed E-state index contributed by atoms with van der Waals surface area (Å²) in [4.78, 5) is 40.0. The van der Waals surface area contributed by atoms with E-state index in [4.69, 9.17) is 0 Å². The lowest BCUT2D eigenvalue weighted by Gasteiger charge is -2.12. The maximum Gasteiger partial charge on any atom is 0.294 e. The summed E-state index contributed by atoms with van der Waals surface area (Å²) in [6.45, 7) is 3.63. The van der Waals surface area contributed by atoms with Crippen LogP contribution in [-0.2, 0) is 9.59 Å². The third kappa shape index (κ3) is 4.18. The molecule has 3 rings (SSSR count). The molecule has 0 saturated carbocycles. The summed E-state index contributed by atoms with van der Waals surface area (Å²) in [7, 11) is 0. The van der Waals surface area contributed by atoms with E-state index in [0.29, 0.717) is 10.6 Å². The molecule has 0 atom stereocenters. The minimum absolute atomic E-state index is 0.292. The lowest BCUT2D eigenvalue weighted by Crippen LogP contribution is -2.36. The van der Waals surface area contributed by atoms with E-state index < -0.39 is 17.1 Å². The number of imide groups is 1. The van der Waals surface area contributed by atoms with Gasteiger partial charge in [-0.05, 0) is 56.0 Å². The summed E-state index contributed by atoms with van der Waals surface area (Å²) in [5, 5.41) is 2.27. The monoisotopic (exact) mass is 372 g/mol. The van der Waals surface area contributed by atoms with Gasteiger partial charge >= 0.3 is 0 Å². The third-order valence-electron chi connectivity index (χ3n) is 3.55. The summed E-state index contributed by atoms with van der Waals surface area (Å²) < 4.78 is 0. The molecule has 0 aliphatic carbocycles. The number of thiophene rings is 1. The van der Waals surface area contributed by atoms with Gasteiger partial charge in [0.1, 0.15) is 6.54 Å². The zero-order chi connectivity index (χ0) is 18.0. The first-order valence-electron chi connectivity index (χ1n) is 7.61. The molecular weight excluding hydrogens is 356 g/mol. The highest BCUT2D eigenvalue weighted by Gasteiger charge is 2.36. The molecule has 1 aliphatic rings. The first kappa shape index (κ1) is 17.4. The fraction of sp³-hybridized carbons (Fsp3) is 0.167. The maximum absolute atomic E-state index is 12.4. The lowest BCUT2D eigenvalue weighted by atomic mass is 10.2. The van der Waals surface area contributed by atoms with Gasteiger partial charge in [-0.15, -0.1) is 11.3 Å². The second-order valence-electron chi connectivity index (χ2n) is 5.63. The van der Waals surface area contributed by atoms with Crippen molar-refractivity contribution in [1.29, 1.82) is 0 Å². The Kier molecular flexibility index (Phi) is 5.06. The Balaban J connectivity index is 1.67. The number of aryl methyl sites for hydroxylation is 2. The predicted octanol–water partition coefficient (Wildman–Crippen LogP) is 4.04. The van der Waals surface area contributed by atoms with Gasteiger partial charge in [0.25, 0.3) is 11.1 Å². The molecule has 0 radical (unpaired) electrons. The predicted molar refractivity (Wildman–Crippen MR) is 102 cm³/mol. The number of hydrogen-bond acceptors (Lipinski definition) is 5. The van der Waals surface area contributed by atoms with Crippen LogP contribution < -0.4 is 5.32 Å². The number of anilines is 1. The second kappa shape index (κ2) is 7.25. The van der Waals surface area contributed by atoms with Crippen molar-refractivity contribution >= 4 is 51.9 Å². The summed E-state index contributed by atoms with van der Waals surface area (Å²) in [6, 6.07) is 11.2. The highest BCUT2D eigenvalue weighted by atomic mass is 32.2. The zero-order valence-corrected chi connectivity index (χ0v) is 15.4. The van der Waals surface area contributed by atoms with Crippen LogP contribution in [0.2, 0.25) is 0 Å². The van der Waals surface area contributed by atoms with Crippen molar-refractivity contribution in [3.63, 3.8) is 0 Å². The number of benzene rings is 1. The van der Waals surface area contributed by atoms with Crippen LogP contribution in [0.25, 0.3) is 6.08 Å². The highest BCUT2D eigenvalue weighted by Crippen LogP contribution is 2.33. The van der Waals surface area contributed by atoms with Gasteiger partial charge in [-0.1, -0.05) is 17.7 Å². The zero-order valence-electron chi connectivity index (χ0n) is 13.7. The van der Waals surface area contributed by atoms with Gasteiger partial charge in [-0.2, -0.15) is 0 Å². The topological polar surface area (TPSA) is 66.5 Å². The number of carbonyl (C=O) groups is 3. The smallest absolute Gasteiger partial charge is 0.294 e. The van der Waals surface area contributed by atoms with Gasteiger partial charge in [-0.3, -0.25) is 19.3 Å². The summed E-state index contributed by atoms with van der Waals surface area (Å²) in [5.74, 6) is -0.834. The van der Waals surface area contributed by atoms with Crippen molar-refractivity contribution in [3.8, 4) is 0 Å². The van der Waals surface area contributed by atoms with Crippen molar-refractivity contribution in [2.75, 3.05) is 11.9 Å². The largest absolute Gasteiger partial charge is 0.325 e. The lowest BCUT2D eigenvalue weighted by molar-refractivity contribution is -0.127. The van der Waals surface area contributed by atoms with Crippen LogP contribution in [0.4, 0.5) is 10.5 Å². The molecule has 1 aromatic heterocycles. The van der Waals surface area contributed by atoms with E-state index in [1.807, 2.05) is 38.1 Å². The number of amides is 3. The van der Waals surface area contributed by atoms with Gasteiger partial charge in [0, 0.05) is 15.4 Å². The fourth-order valence-corrected chi connectivity index (χ4v) is 4.00. The third-order valence-corrected chi connectivity index (χ3v) is 5.40. The molecule has 128 valence electrons. The molecule has 1 aliphatic heterocycles. The first-order chi connectivity index (χ1) is 11.9. The molecular formula is C18H16N2O3S2. The molecule has 1 aromatic carbocycles. The molecule has 0 unspecified atom stereocenters. The van der Waals surface area contributed by atoms with Crippen molar-refractivity contribution in [2.45, 2.75) is 13.8 Å². The van der Waals surface area contributed by atoms with Crippen LogP contribution in [0.3, 0.4) is 0 Å². The normalized spacial score (nSPS) is 15.9. The number of hydrogen-bond donors (Lipinski definition) is 1. The summed E-state index contributed by atoms with van der Waals surface area (Å²) >= 11 is 2.41. The Morgan fingerprint density at radius 2 is 1.84 bits per heavy atom. The van der Waals surface area contributed by atoms with E-state index in [0.717, 1.165) is 32.0 Å². The second-order valence-corrected chi connectivity index (χ2v) is 7.94. The van der Waals surface area contributed by atoms with Gasteiger partial charge in [-0.25, -0.2) is 0 Å². The molecule has 2 aromatic rings. The van der Waals surface area contributed by atoms with E-state index in [2.05, 4.69) is 5.32 Å². The van der Waals surface area contributed by atoms with Crippen LogP contribution in [0.15, 0.2) is 41.3 Å². The molecule has 1 N–H and O–H groups in total. The summed E-state index contributed by atoms with van der Waals surface area (Å²) in [6.07, 6.45) is 1.69. The molecule has 25 heavy (non-hydrogen) atoms. The molecule has 1 fully saturated rings. The van der Waals surface area contributed by atoms with Crippen LogP contribution in [0.5, 0.6) is 0 Å². The average molecular weight is 372 g/mol. The van der Waals surface area contributed by atoms with Crippen molar-refractivity contribution in [2.24, 2.45) is 0 Å². The Bertz CT molecular complexity index is 869. The van der Waals surface area contributed by atoms with E-state index in [1.54, 1.807) is 29.5 Å². The highest BCUT2D eigenvalue weighted by molar-refractivity contribution is 8.18. The van der Waals surface area contributed by atoms with Gasteiger partial charge in [0.2, 0.25) is 5.91 Å². The van der Waals surface area contributed by atoms with Crippen LogP contribution in [-0.4, -0.2) is 28.5 Å². The quantitative estimate of drug-likeness (QED) is 0.823. The van der Waals surface area contributed by atoms with E-state index in [-0.39, 0.29) is 6.54 Å². The SMILES string of the molecule is Cc1ccc(NC(=O)CN2C(=O)SC(=Cc3ccc(C)s3)C2=O)cc1. The van der Waals surface area contributed by atoms with Crippen LogP contribution in [0, 0.1) is 13.8 Å². The Morgan fingerprint density at radius 1 is 1.12 bits per heavy atom. The van der Waals surface area contributed by atoms with Crippen molar-refractivity contribution in [3.05, 3.63) is 56.6 Å². The molecule has 0 spiro atoms. The van der Waals surface area contributed by atoms with Gasteiger partial charge < -0.3 is 5.32 Å². The minimum atomic E-state index is -0.430. The van der Waals surface area contributed by atoms with E-state index in [9.17, 15) is 14.4 Å². The van der Waals surface area contributed by atoms with Crippen LogP contribution in [0.1, 0.15) is 15.3 Å². The van der Waals surface area contributed by atoms with E-state index >= 15 is 0 Å². The molecule has 0 bridgehead atoms. The Hall–Kier alpha value is -2.38. The first-order valence-corrected chi connectivity index (χ1v) is 9.24. The summed E-state index contributed by atoms with van der Waals surface area (Å²) in [5.41, 5.74) is 1.71. The number of carbonyl (C=O) groups excluding carboxylic acids is 3. The van der Waals surface area contributed by atoms with Gasteiger partial charge in [0.05, 0.1) is 4.91 Å². The number of nitrogens with one attached hydrogen (secondary N) is 1. The Morgan fingerprint density at radius 3 is 2.48 bits per heavy atom. The molecule has 2 heterocycles. The maximum atomic E-state index is 12.4. The molecule has 7 heteroatoms. The van der Waals surface area contributed by atoms with Crippen molar-refractivity contribution < 1.29 is 14.4 Å². The van der Waals surface area contributed by atoms with Crippen LogP contribution >= 0.6 is 23.1 Å². The number of nitrogens with zero attached hydrogens (tertiary/aromatic N) is 1. The molecule has 3 amide bonds. The van der Waals surface area contributed by atoms with Gasteiger partial charge in [0.15, 0.2) is 0 Å². The number of rotatable bonds is 4. The average Bonchev–Trinajstić information content (AvgIpc) is 3.08. The minimum Gasteiger partial charge on any atom is -0.325 e. The van der Waals surface area contributed by atoms with Crippen molar-refractivity contribution in [1.82, 2.24) is 4.90 Å². The standard InChI is InChI=1S/C18H16N2O3S2/c1-11-3-6-13(7-4-11)19-16(21)10-20-17(22)15(25-18(20)23)9-14-8-5-12(2)24-14/h3-9H,10H2,1-2H3,(H,19,21).